The lowest BCUT2D eigenvalue weighted by Gasteiger charge is -2.11. The zero-order valence-electron chi connectivity index (χ0n) is 13.8. The summed E-state index contributed by atoms with van der Waals surface area (Å²) in [5, 5.41) is 23.4. The lowest BCUT2D eigenvalue weighted by atomic mass is 10.2. The molecular weight excluding hydrogens is 324 g/mol. The monoisotopic (exact) mass is 344 g/mol. The number of ether oxygens (including phenoxy) is 1. The van der Waals surface area contributed by atoms with Gasteiger partial charge in [-0.15, -0.1) is 0 Å². The lowest BCUT2D eigenvalue weighted by Crippen LogP contribution is -2.27. The third-order valence-corrected chi connectivity index (χ3v) is 3.29. The Kier molecular flexibility index (Phi) is 6.30. The van der Waals surface area contributed by atoms with Gasteiger partial charge in [0.2, 0.25) is 0 Å². The molecular formula is C17H20N4O4. The number of nitrogens with two attached hydrogens (primary N) is 1. The van der Waals surface area contributed by atoms with Crippen molar-refractivity contribution in [3.63, 3.8) is 0 Å². The first-order chi connectivity index (χ1) is 11.9. The topological polar surface area (TPSA) is 123 Å². The van der Waals surface area contributed by atoms with E-state index in [-0.39, 0.29) is 24.8 Å². The average molecular weight is 344 g/mol. The zero-order valence-corrected chi connectivity index (χ0v) is 13.8. The Hall–Kier alpha value is -3.13. The molecule has 0 saturated heterocycles. The van der Waals surface area contributed by atoms with Crippen molar-refractivity contribution in [1.82, 2.24) is 0 Å². The molecule has 0 amide bonds. The number of guanidine groups is 1. The summed E-state index contributed by atoms with van der Waals surface area (Å²) < 4.78 is 5.36. The summed E-state index contributed by atoms with van der Waals surface area (Å²) in [5.41, 5.74) is 7.69. The molecule has 0 aliphatic heterocycles. The molecule has 4 N–H and O–H groups in total. The van der Waals surface area contributed by atoms with E-state index in [1.807, 2.05) is 31.2 Å². The number of non-ortho nitro benzene ring substituents is 1. The first kappa shape index (κ1) is 18.2. The predicted molar refractivity (Wildman–Crippen MR) is 95.9 cm³/mol. The van der Waals surface area contributed by atoms with Crippen LogP contribution in [0.15, 0.2) is 53.5 Å². The van der Waals surface area contributed by atoms with E-state index in [1.165, 1.54) is 24.3 Å². The van der Waals surface area contributed by atoms with Crippen molar-refractivity contribution in [3.8, 4) is 5.75 Å². The molecule has 0 aliphatic carbocycles. The van der Waals surface area contributed by atoms with Crippen molar-refractivity contribution >= 4 is 17.3 Å². The van der Waals surface area contributed by atoms with E-state index in [0.717, 1.165) is 11.3 Å². The summed E-state index contributed by atoms with van der Waals surface area (Å²) in [6.45, 7) is 2.05. The van der Waals surface area contributed by atoms with Crippen LogP contribution >= 0.6 is 0 Å². The van der Waals surface area contributed by atoms with Crippen LogP contribution < -0.4 is 15.8 Å². The highest BCUT2D eigenvalue weighted by molar-refractivity contribution is 5.92. The molecule has 2 aromatic carbocycles. The van der Waals surface area contributed by atoms with Crippen molar-refractivity contribution in [2.75, 3.05) is 18.5 Å². The molecule has 25 heavy (non-hydrogen) atoms. The molecule has 0 aliphatic rings. The molecule has 1 atom stereocenters. The normalized spacial score (nSPS) is 12.5. The van der Waals surface area contributed by atoms with Crippen molar-refractivity contribution in [1.29, 1.82) is 0 Å². The number of nitro benzene ring substituents is 1. The van der Waals surface area contributed by atoms with E-state index in [4.69, 9.17) is 10.5 Å². The lowest BCUT2D eigenvalue weighted by molar-refractivity contribution is -0.384. The number of nitro groups is 1. The molecule has 0 saturated carbocycles. The number of hydrogen-bond donors (Lipinski definition) is 3. The van der Waals surface area contributed by atoms with Crippen LogP contribution in [-0.2, 0) is 0 Å². The van der Waals surface area contributed by atoms with Gasteiger partial charge in [-0.2, -0.15) is 0 Å². The smallest absolute Gasteiger partial charge is 0.269 e. The predicted octanol–water partition coefficient (Wildman–Crippen LogP) is 2.07. The van der Waals surface area contributed by atoms with Gasteiger partial charge in [0.25, 0.3) is 5.69 Å². The van der Waals surface area contributed by atoms with Crippen LogP contribution in [0.2, 0.25) is 0 Å². The molecule has 0 radical (unpaired) electrons. The van der Waals surface area contributed by atoms with E-state index in [1.54, 1.807) is 0 Å². The Labute approximate surface area is 145 Å². The summed E-state index contributed by atoms with van der Waals surface area (Å²) in [4.78, 5) is 14.1. The van der Waals surface area contributed by atoms with Crippen molar-refractivity contribution in [3.05, 3.63) is 64.2 Å². The number of nitrogens with zero attached hydrogens (tertiary/aromatic N) is 2. The van der Waals surface area contributed by atoms with Gasteiger partial charge in [-0.1, -0.05) is 17.7 Å². The molecule has 2 aromatic rings. The Bertz CT molecular complexity index is 729. The fourth-order valence-electron chi connectivity index (χ4n) is 1.94. The van der Waals surface area contributed by atoms with Gasteiger partial charge in [0.05, 0.1) is 11.5 Å². The Balaban J connectivity index is 1.78. The van der Waals surface area contributed by atoms with Crippen molar-refractivity contribution in [2.45, 2.75) is 13.0 Å². The molecule has 2 rings (SSSR count). The first-order valence-electron chi connectivity index (χ1n) is 7.63. The van der Waals surface area contributed by atoms with Crippen LogP contribution in [-0.4, -0.2) is 35.2 Å². The number of aliphatic hydroxyl groups is 1. The SMILES string of the molecule is Cc1ccc(NC(N)=NCC(O)COc2ccc([N+](=O)[O-])cc2)cc1. The Morgan fingerprint density at radius 3 is 2.52 bits per heavy atom. The number of hydrogen-bond acceptors (Lipinski definition) is 5. The number of nitrogens with one attached hydrogen (secondary N) is 1. The number of aliphatic hydroxyl groups excluding tert-OH is 1. The quantitative estimate of drug-likeness (QED) is 0.306. The third-order valence-electron chi connectivity index (χ3n) is 3.29. The van der Waals surface area contributed by atoms with Gasteiger partial charge in [0, 0.05) is 17.8 Å². The second-order valence-electron chi connectivity index (χ2n) is 5.43. The Morgan fingerprint density at radius 1 is 1.28 bits per heavy atom. The number of anilines is 1. The van der Waals surface area contributed by atoms with E-state index >= 15 is 0 Å². The number of aryl methyl sites for hydroxylation is 1. The molecule has 0 bridgehead atoms. The number of benzene rings is 2. The van der Waals surface area contributed by atoms with Gasteiger partial charge >= 0.3 is 0 Å². The van der Waals surface area contributed by atoms with Crippen LogP contribution in [0.5, 0.6) is 5.75 Å². The third kappa shape index (κ3) is 6.11. The van der Waals surface area contributed by atoms with Crippen LogP contribution in [0.3, 0.4) is 0 Å². The molecule has 8 heteroatoms. The fraction of sp³-hybridized carbons (Fsp3) is 0.235. The molecule has 0 heterocycles. The molecule has 1 unspecified atom stereocenters. The number of aliphatic imine (C=N–C) groups is 1. The highest BCUT2D eigenvalue weighted by atomic mass is 16.6. The minimum atomic E-state index is -0.853. The maximum Gasteiger partial charge on any atom is 0.269 e. The maximum absolute atomic E-state index is 10.6. The summed E-state index contributed by atoms with van der Waals surface area (Å²) in [7, 11) is 0. The highest BCUT2D eigenvalue weighted by Gasteiger charge is 2.07. The largest absolute Gasteiger partial charge is 0.491 e. The minimum Gasteiger partial charge on any atom is -0.491 e. The minimum absolute atomic E-state index is 0.000870. The second kappa shape index (κ2) is 8.65. The van der Waals surface area contributed by atoms with E-state index in [9.17, 15) is 15.2 Å². The summed E-state index contributed by atoms with van der Waals surface area (Å²) >= 11 is 0. The van der Waals surface area contributed by atoms with E-state index in [0.29, 0.717) is 5.75 Å². The van der Waals surface area contributed by atoms with Crippen molar-refractivity contribution in [2.24, 2.45) is 10.7 Å². The molecule has 0 fully saturated rings. The standard InChI is InChI=1S/C17H20N4O4/c1-12-2-4-13(5-3-12)20-17(18)19-10-15(22)11-25-16-8-6-14(7-9-16)21(23)24/h2-9,15,22H,10-11H2,1H3,(H3,18,19,20). The summed E-state index contributed by atoms with van der Waals surface area (Å²) in [5.74, 6) is 0.623. The van der Waals surface area contributed by atoms with Crippen LogP contribution in [0.1, 0.15) is 5.56 Å². The average Bonchev–Trinajstić information content (AvgIpc) is 2.60. The van der Waals surface area contributed by atoms with Gasteiger partial charge in [0.15, 0.2) is 5.96 Å². The molecule has 132 valence electrons. The zero-order chi connectivity index (χ0) is 18.2. The van der Waals surface area contributed by atoms with Crippen LogP contribution in [0.4, 0.5) is 11.4 Å². The van der Waals surface area contributed by atoms with Gasteiger partial charge < -0.3 is 20.9 Å². The molecule has 0 spiro atoms. The number of rotatable bonds is 7. The molecule has 8 nitrogen and oxygen atoms in total. The van der Waals surface area contributed by atoms with E-state index < -0.39 is 11.0 Å². The Morgan fingerprint density at radius 2 is 1.92 bits per heavy atom. The fourth-order valence-corrected chi connectivity index (χ4v) is 1.94. The van der Waals surface area contributed by atoms with Gasteiger partial charge in [0.1, 0.15) is 18.5 Å². The summed E-state index contributed by atoms with van der Waals surface area (Å²) in [6.07, 6.45) is -0.853. The maximum atomic E-state index is 10.6. The summed E-state index contributed by atoms with van der Waals surface area (Å²) in [6, 6.07) is 13.3. The van der Waals surface area contributed by atoms with Crippen molar-refractivity contribution < 1.29 is 14.8 Å². The first-order valence-corrected chi connectivity index (χ1v) is 7.63. The molecule has 0 aromatic heterocycles. The van der Waals surface area contributed by atoms with Gasteiger partial charge in [-0.25, -0.2) is 0 Å². The highest BCUT2D eigenvalue weighted by Crippen LogP contribution is 2.17. The second-order valence-corrected chi connectivity index (χ2v) is 5.43. The van der Waals surface area contributed by atoms with E-state index in [2.05, 4.69) is 10.3 Å². The van der Waals surface area contributed by atoms with Gasteiger partial charge in [-0.3, -0.25) is 15.1 Å². The van der Waals surface area contributed by atoms with Gasteiger partial charge in [-0.05, 0) is 31.2 Å². The van der Waals surface area contributed by atoms with Crippen LogP contribution in [0.25, 0.3) is 0 Å². The van der Waals surface area contributed by atoms with Crippen LogP contribution in [0, 0.1) is 17.0 Å².